The zero-order chi connectivity index (χ0) is 32.5. The summed E-state index contributed by atoms with van der Waals surface area (Å²) < 4.78 is 0. The summed E-state index contributed by atoms with van der Waals surface area (Å²) in [5.41, 5.74) is 8.57. The Bertz CT molecular complexity index is 1430. The van der Waals surface area contributed by atoms with Crippen molar-refractivity contribution < 1.29 is 30.0 Å². The number of thiol groups is 1. The second-order valence-electron chi connectivity index (χ2n) is 12.2. The van der Waals surface area contributed by atoms with Gasteiger partial charge in [-0.15, -0.1) is 0 Å². The number of carbonyl (C=O) groups is 2. The zero-order valence-corrected chi connectivity index (χ0v) is 27.0. The van der Waals surface area contributed by atoms with Gasteiger partial charge in [0.2, 0.25) is 5.91 Å². The van der Waals surface area contributed by atoms with Crippen LogP contribution in [0.1, 0.15) is 75.9 Å². The lowest BCUT2D eigenvalue weighted by atomic mass is 9.91. The number of amides is 2. The third-order valence-corrected chi connectivity index (χ3v) is 9.59. The van der Waals surface area contributed by atoms with Gasteiger partial charge in [0.1, 0.15) is 0 Å². The first-order valence-electron chi connectivity index (χ1n) is 15.2. The lowest BCUT2D eigenvalue weighted by molar-refractivity contribution is -0.122. The summed E-state index contributed by atoms with van der Waals surface area (Å²) in [4.78, 5) is 28.4. The van der Waals surface area contributed by atoms with Gasteiger partial charge in [0.15, 0.2) is 12.6 Å². The van der Waals surface area contributed by atoms with Crippen LogP contribution in [0.3, 0.4) is 0 Å². The van der Waals surface area contributed by atoms with Gasteiger partial charge in [0.05, 0.1) is 6.04 Å². The molecule has 0 saturated carbocycles. The molecule has 5 atom stereocenters. The van der Waals surface area contributed by atoms with Crippen LogP contribution in [0.25, 0.3) is 12.2 Å². The van der Waals surface area contributed by atoms with E-state index in [0.717, 1.165) is 50.6 Å². The number of carbonyl (C=O) groups excluding carboxylic acids is 2. The molecule has 1 aromatic heterocycles. The van der Waals surface area contributed by atoms with Crippen molar-refractivity contribution in [2.24, 2.45) is 11.8 Å². The van der Waals surface area contributed by atoms with Crippen LogP contribution in [0.5, 0.6) is 0 Å². The number of H-pyrrole nitrogens is 1. The van der Waals surface area contributed by atoms with Crippen LogP contribution in [-0.4, -0.2) is 67.1 Å². The Kier molecular flexibility index (Phi) is 10.7. The van der Waals surface area contributed by atoms with Crippen molar-refractivity contribution in [2.75, 3.05) is 0 Å². The van der Waals surface area contributed by atoms with E-state index in [1.165, 1.54) is 0 Å². The van der Waals surface area contributed by atoms with E-state index in [0.29, 0.717) is 24.8 Å². The fourth-order valence-electron chi connectivity index (χ4n) is 6.64. The van der Waals surface area contributed by atoms with Crippen molar-refractivity contribution >= 4 is 36.6 Å². The van der Waals surface area contributed by atoms with E-state index < -0.39 is 12.6 Å². The first-order chi connectivity index (χ1) is 20.7. The molecule has 0 spiro atoms. The van der Waals surface area contributed by atoms with Crippen LogP contribution in [0, 0.1) is 18.8 Å². The minimum absolute atomic E-state index is 0.0427. The minimum Gasteiger partial charge on any atom is -0.378 e. The number of allylic oxidation sites excluding steroid dienone is 2. The van der Waals surface area contributed by atoms with Crippen LogP contribution < -0.4 is 16.0 Å². The van der Waals surface area contributed by atoms with E-state index in [-0.39, 0.29) is 53.8 Å². The number of aromatic nitrogens is 1. The molecule has 0 bridgehead atoms. The van der Waals surface area contributed by atoms with E-state index in [1.54, 1.807) is 6.08 Å². The summed E-state index contributed by atoms with van der Waals surface area (Å²) in [6.07, 6.45) is 4.32. The minimum atomic E-state index is -1.47. The smallest absolute Gasteiger partial charge is 0.251 e. The maximum Gasteiger partial charge on any atom is 0.251 e. The summed E-state index contributed by atoms with van der Waals surface area (Å²) in [6, 6.07) is -0.268. The van der Waals surface area contributed by atoms with E-state index in [9.17, 15) is 30.0 Å². The highest BCUT2D eigenvalue weighted by atomic mass is 32.1. The van der Waals surface area contributed by atoms with Crippen LogP contribution in [0.15, 0.2) is 46.3 Å². The predicted octanol–water partition coefficient (Wildman–Crippen LogP) is 2.72. The molecule has 2 amide bonds. The van der Waals surface area contributed by atoms with Gasteiger partial charge in [-0.1, -0.05) is 26.5 Å². The van der Waals surface area contributed by atoms with Crippen molar-refractivity contribution in [2.45, 2.75) is 96.6 Å². The highest BCUT2D eigenvalue weighted by Crippen LogP contribution is 2.37. The quantitative estimate of drug-likeness (QED) is 0.127. The molecule has 1 saturated heterocycles. The van der Waals surface area contributed by atoms with E-state index >= 15 is 0 Å². The Morgan fingerprint density at radius 2 is 1.57 bits per heavy atom. The molecule has 10 nitrogen and oxygen atoms in total. The first-order valence-corrected chi connectivity index (χ1v) is 15.7. The first kappa shape index (κ1) is 33.8. The Balaban J connectivity index is 1.74. The SMILES string of the molecule is C=CC1=C(C)[C@@H](CC2N/C(=C\c3[nH]c(/C=C4\NC(=O)[C@H](C)[C@H]4[C@@H](C)S)c(C)c3CCC(O)O)C(CCC(O)O)=C2C)NC1=O. The monoisotopic (exact) mass is 626 g/mol. The van der Waals surface area contributed by atoms with E-state index in [4.69, 9.17) is 0 Å². The number of rotatable bonds is 12. The summed E-state index contributed by atoms with van der Waals surface area (Å²) >= 11 is 4.64. The summed E-state index contributed by atoms with van der Waals surface area (Å²) in [5, 5.41) is 48.3. The van der Waals surface area contributed by atoms with Gasteiger partial charge in [-0.25, -0.2) is 0 Å². The Morgan fingerprint density at radius 1 is 0.932 bits per heavy atom. The molecule has 1 aromatic rings. The Hall–Kier alpha value is -3.09. The largest absolute Gasteiger partial charge is 0.378 e. The zero-order valence-electron chi connectivity index (χ0n) is 26.1. The molecule has 4 rings (SSSR count). The Labute approximate surface area is 264 Å². The molecule has 1 unspecified atom stereocenters. The third kappa shape index (κ3) is 7.07. The van der Waals surface area contributed by atoms with Crippen molar-refractivity contribution in [1.82, 2.24) is 20.9 Å². The molecular weight excluding hydrogens is 580 g/mol. The fraction of sp³-hybridized carbons (Fsp3) is 0.515. The van der Waals surface area contributed by atoms with Crippen LogP contribution in [0.2, 0.25) is 0 Å². The lowest BCUT2D eigenvalue weighted by Crippen LogP contribution is -2.36. The molecule has 11 heteroatoms. The number of aromatic amines is 1. The highest BCUT2D eigenvalue weighted by molar-refractivity contribution is 7.80. The summed E-state index contributed by atoms with van der Waals surface area (Å²) in [6.45, 7) is 13.5. The molecule has 240 valence electrons. The summed E-state index contributed by atoms with van der Waals surface area (Å²) in [5.74, 6) is -0.466. The average Bonchev–Trinajstić information content (AvgIpc) is 3.59. The lowest BCUT2D eigenvalue weighted by Gasteiger charge is -2.20. The molecule has 0 aliphatic carbocycles. The molecule has 0 aromatic carbocycles. The van der Waals surface area contributed by atoms with Crippen molar-refractivity contribution in [3.63, 3.8) is 0 Å². The van der Waals surface area contributed by atoms with Gasteiger partial charge < -0.3 is 41.4 Å². The van der Waals surface area contributed by atoms with Crippen molar-refractivity contribution in [3.05, 3.63) is 68.9 Å². The second-order valence-corrected chi connectivity index (χ2v) is 13.0. The number of nitrogens with one attached hydrogen (secondary N) is 4. The average molecular weight is 627 g/mol. The molecule has 8 N–H and O–H groups in total. The topological polar surface area (TPSA) is 167 Å². The number of hydrogen-bond acceptors (Lipinski definition) is 8. The fourth-order valence-corrected chi connectivity index (χ4v) is 7.05. The van der Waals surface area contributed by atoms with Gasteiger partial charge >= 0.3 is 0 Å². The van der Waals surface area contributed by atoms with Gasteiger partial charge in [-0.3, -0.25) is 9.59 Å². The number of hydrogen-bond donors (Lipinski definition) is 9. The molecule has 0 radical (unpaired) electrons. The van der Waals surface area contributed by atoms with Crippen molar-refractivity contribution in [1.29, 1.82) is 0 Å². The molecule has 3 aliphatic heterocycles. The standard InChI is InChI=1S/C33H46N4O6S/c1-7-20-15(2)25(36-33(20)43)12-23-16(3)21(8-10-29(38)39)26(34-23)14-27-22(9-11-30(40)41)17(4)24(35-27)13-28-31(19(6)44)18(5)32(42)37-28/h7,13-14,18-19,23,25,29-31,34-35,38-41,44H,1,8-12H2,2-6H3,(H,36,43)(H,37,42)/b26-14-,28-13-/t18-,19-,23?,25-,31+/m1/s1. The van der Waals surface area contributed by atoms with Gasteiger partial charge in [-0.05, 0) is 80.0 Å². The molecule has 3 aliphatic rings. The molecule has 4 heterocycles. The maximum absolute atomic E-state index is 12.5. The Morgan fingerprint density at radius 3 is 2.16 bits per heavy atom. The van der Waals surface area contributed by atoms with E-state index in [2.05, 4.69) is 40.1 Å². The summed E-state index contributed by atoms with van der Waals surface area (Å²) in [7, 11) is 0. The molecular formula is C33H46N4O6S. The van der Waals surface area contributed by atoms with Gasteiger partial charge in [0, 0.05) is 64.3 Å². The number of aliphatic hydroxyl groups excluding tert-OH is 2. The van der Waals surface area contributed by atoms with Gasteiger partial charge in [-0.2, -0.15) is 12.6 Å². The van der Waals surface area contributed by atoms with E-state index in [1.807, 2.05) is 46.8 Å². The second kappa shape index (κ2) is 13.9. The van der Waals surface area contributed by atoms with Crippen LogP contribution in [-0.2, 0) is 16.0 Å². The maximum atomic E-state index is 12.5. The predicted molar refractivity (Wildman–Crippen MR) is 174 cm³/mol. The van der Waals surface area contributed by atoms with Gasteiger partial charge in [0.25, 0.3) is 5.91 Å². The molecule has 1 fully saturated rings. The molecule has 44 heavy (non-hydrogen) atoms. The van der Waals surface area contributed by atoms with Crippen LogP contribution in [0.4, 0.5) is 0 Å². The van der Waals surface area contributed by atoms with Crippen LogP contribution >= 0.6 is 12.6 Å². The third-order valence-electron chi connectivity index (χ3n) is 9.27. The van der Waals surface area contributed by atoms with Crippen molar-refractivity contribution in [3.8, 4) is 0 Å². The normalized spacial score (nSPS) is 26.5. The highest BCUT2D eigenvalue weighted by Gasteiger charge is 2.38. The number of aliphatic hydroxyl groups is 4.